The van der Waals surface area contributed by atoms with E-state index in [-0.39, 0.29) is 23.4 Å². The number of pyridine rings is 1. The Morgan fingerprint density at radius 1 is 1.05 bits per heavy atom. The summed E-state index contributed by atoms with van der Waals surface area (Å²) in [5, 5.41) is 4.08. The molecule has 2 aliphatic carbocycles. The van der Waals surface area contributed by atoms with E-state index in [2.05, 4.69) is 54.3 Å². The van der Waals surface area contributed by atoms with E-state index in [0.717, 1.165) is 65.9 Å². The smallest absolute Gasteiger partial charge is 0.256 e. The highest BCUT2D eigenvalue weighted by atomic mass is 16.5. The van der Waals surface area contributed by atoms with Gasteiger partial charge in [-0.15, -0.1) is 0 Å². The number of fused-ring (bicyclic) bond motifs is 2. The molecule has 8 nitrogen and oxygen atoms in total. The molecule has 210 valence electrons. The van der Waals surface area contributed by atoms with E-state index in [1.54, 1.807) is 10.8 Å². The fourth-order valence-electron chi connectivity index (χ4n) is 6.62. The Balaban J connectivity index is 1.28. The number of likely N-dealkylation sites (N-methyl/N-ethyl adjacent to an activating group) is 1. The highest BCUT2D eigenvalue weighted by Gasteiger charge is 2.45. The Hall–Kier alpha value is -3.88. The van der Waals surface area contributed by atoms with Crippen LogP contribution in [-0.4, -0.2) is 52.0 Å². The third-order valence-electron chi connectivity index (χ3n) is 8.95. The molecule has 0 amide bonds. The molecule has 2 aromatic heterocycles. The molecule has 3 heterocycles. The van der Waals surface area contributed by atoms with Gasteiger partial charge in [0.15, 0.2) is 5.78 Å². The molecule has 8 heteroatoms. The predicted molar refractivity (Wildman–Crippen MR) is 159 cm³/mol. The zero-order valence-corrected chi connectivity index (χ0v) is 23.8. The minimum atomic E-state index is -0.665. The van der Waals surface area contributed by atoms with Crippen LogP contribution in [0.15, 0.2) is 65.6 Å². The third kappa shape index (κ3) is 4.65. The van der Waals surface area contributed by atoms with Gasteiger partial charge in [-0.25, -0.2) is 4.98 Å². The Morgan fingerprint density at radius 3 is 2.59 bits per heavy atom. The molecule has 2 aromatic carbocycles. The van der Waals surface area contributed by atoms with E-state index >= 15 is 0 Å². The number of carbonyl (C=O) groups excluding carboxylic acids is 1. The van der Waals surface area contributed by atoms with Crippen LogP contribution in [0.4, 0.5) is 11.6 Å². The molecule has 2 fully saturated rings. The second kappa shape index (κ2) is 9.89. The fourth-order valence-corrected chi connectivity index (χ4v) is 6.62. The number of hydrogen-bond acceptors (Lipinski definition) is 7. The van der Waals surface area contributed by atoms with Crippen LogP contribution in [0.25, 0.3) is 11.0 Å². The Labute approximate surface area is 239 Å². The van der Waals surface area contributed by atoms with Gasteiger partial charge >= 0.3 is 0 Å². The molecule has 4 aromatic rings. The summed E-state index contributed by atoms with van der Waals surface area (Å²) < 4.78 is 7.63. The number of ketones is 1. The largest absolute Gasteiger partial charge is 0.371 e. The summed E-state index contributed by atoms with van der Waals surface area (Å²) in [4.78, 5) is 39.6. The third-order valence-corrected chi connectivity index (χ3v) is 8.95. The van der Waals surface area contributed by atoms with Crippen molar-refractivity contribution in [2.45, 2.75) is 56.6 Å². The Kier molecular flexibility index (Phi) is 6.28. The second-order valence-corrected chi connectivity index (χ2v) is 12.3. The van der Waals surface area contributed by atoms with Gasteiger partial charge in [0.25, 0.3) is 5.56 Å². The molecule has 0 radical (unpaired) electrons. The first kappa shape index (κ1) is 26.0. The minimum absolute atomic E-state index is 0.0318. The molecule has 1 N–H and O–H groups in total. The molecule has 0 spiro atoms. The van der Waals surface area contributed by atoms with Crippen LogP contribution in [0, 0.1) is 0 Å². The maximum absolute atomic E-state index is 14.1. The number of ether oxygens (including phenoxy) is 1. The van der Waals surface area contributed by atoms with Crippen molar-refractivity contribution < 1.29 is 9.53 Å². The lowest BCUT2D eigenvalue weighted by Crippen LogP contribution is -2.46. The van der Waals surface area contributed by atoms with Crippen LogP contribution in [0.1, 0.15) is 67.0 Å². The van der Waals surface area contributed by atoms with Gasteiger partial charge < -0.3 is 15.0 Å². The van der Waals surface area contributed by atoms with Gasteiger partial charge in [0.05, 0.1) is 12.7 Å². The normalized spacial score (nSPS) is 22.5. The molecule has 2 unspecified atom stereocenters. The molecule has 1 saturated heterocycles. The monoisotopic (exact) mass is 549 g/mol. The number of anilines is 2. The van der Waals surface area contributed by atoms with Crippen LogP contribution in [-0.2, 0) is 21.4 Å². The summed E-state index contributed by atoms with van der Waals surface area (Å²) >= 11 is 0. The van der Waals surface area contributed by atoms with Gasteiger partial charge in [0.2, 0.25) is 5.95 Å². The number of carbonyl (C=O) groups is 1. The number of rotatable bonds is 5. The van der Waals surface area contributed by atoms with Crippen molar-refractivity contribution in [3.05, 3.63) is 93.4 Å². The highest BCUT2D eigenvalue weighted by Crippen LogP contribution is 2.44. The van der Waals surface area contributed by atoms with Gasteiger partial charge in [-0.05, 0) is 60.7 Å². The fraction of sp³-hybridized carbons (Fsp3) is 0.394. The first-order valence-corrected chi connectivity index (χ1v) is 14.5. The summed E-state index contributed by atoms with van der Waals surface area (Å²) in [6.07, 6.45) is 4.10. The summed E-state index contributed by atoms with van der Waals surface area (Å²) in [6.45, 7) is 6.65. The van der Waals surface area contributed by atoms with Crippen LogP contribution in [0.2, 0.25) is 0 Å². The molecule has 1 saturated carbocycles. The molecular weight excluding hydrogens is 514 g/mol. The van der Waals surface area contributed by atoms with E-state index < -0.39 is 11.5 Å². The SMILES string of the molecule is CN1CCOC(c2ccc(Nc3ncc4cc(C5CC5)c(=O)n(C5C(=O)Cc6ccccc6C5(C)C)c4n3)cc2)C1. The quantitative estimate of drug-likeness (QED) is 0.372. The zero-order valence-electron chi connectivity index (χ0n) is 23.8. The summed E-state index contributed by atoms with van der Waals surface area (Å²) in [5.41, 5.74) is 4.63. The average molecular weight is 550 g/mol. The summed E-state index contributed by atoms with van der Waals surface area (Å²) in [7, 11) is 2.11. The van der Waals surface area contributed by atoms with E-state index in [0.29, 0.717) is 18.0 Å². The van der Waals surface area contributed by atoms with E-state index in [9.17, 15) is 9.59 Å². The molecular formula is C33H35N5O3. The molecule has 0 bridgehead atoms. The lowest BCUT2D eigenvalue weighted by atomic mass is 9.68. The van der Waals surface area contributed by atoms with Gasteiger partial charge in [0, 0.05) is 47.8 Å². The highest BCUT2D eigenvalue weighted by molar-refractivity contribution is 5.91. The standard InChI is InChI=1S/C33H35N5O3/c1-33(2)26-7-5-4-6-22(26)17-27(39)29(33)38-30-23(16-25(31(38)40)20-8-9-20)18-34-32(36-30)35-24-12-10-21(11-13-24)28-19-37(3)14-15-41-28/h4-7,10-13,16,18,20,28-29H,8-9,14-15,17,19H2,1-3H3,(H,34,35,36). The number of morpholine rings is 1. The van der Waals surface area contributed by atoms with E-state index in [4.69, 9.17) is 9.72 Å². The van der Waals surface area contributed by atoms with Crippen molar-refractivity contribution in [3.8, 4) is 0 Å². The van der Waals surface area contributed by atoms with Crippen molar-refractivity contribution in [3.63, 3.8) is 0 Å². The van der Waals surface area contributed by atoms with Crippen LogP contribution in [0.5, 0.6) is 0 Å². The number of aromatic nitrogens is 3. The zero-order chi connectivity index (χ0) is 28.3. The molecule has 41 heavy (non-hydrogen) atoms. The van der Waals surface area contributed by atoms with Crippen LogP contribution >= 0.6 is 0 Å². The minimum Gasteiger partial charge on any atom is -0.371 e. The van der Waals surface area contributed by atoms with Crippen molar-refractivity contribution >= 4 is 28.5 Å². The topological polar surface area (TPSA) is 89.4 Å². The number of hydrogen-bond donors (Lipinski definition) is 1. The maximum Gasteiger partial charge on any atom is 0.256 e. The maximum atomic E-state index is 14.1. The lowest BCUT2D eigenvalue weighted by molar-refractivity contribution is -0.124. The molecule has 7 rings (SSSR count). The number of Topliss-reactive ketones (excluding diaryl/α,β-unsaturated/α-hetero) is 1. The van der Waals surface area contributed by atoms with Crippen molar-refractivity contribution in [2.75, 3.05) is 32.1 Å². The molecule has 2 atom stereocenters. The first-order valence-electron chi connectivity index (χ1n) is 14.5. The summed E-state index contributed by atoms with van der Waals surface area (Å²) in [6, 6.07) is 17.4. The average Bonchev–Trinajstić information content (AvgIpc) is 3.80. The van der Waals surface area contributed by atoms with E-state index in [1.807, 2.05) is 36.4 Å². The molecule has 3 aliphatic rings. The van der Waals surface area contributed by atoms with Crippen LogP contribution < -0.4 is 10.9 Å². The van der Waals surface area contributed by atoms with Crippen molar-refractivity contribution in [2.24, 2.45) is 0 Å². The number of benzene rings is 2. The Bertz CT molecular complexity index is 1710. The Morgan fingerprint density at radius 2 is 1.83 bits per heavy atom. The van der Waals surface area contributed by atoms with Gasteiger partial charge in [0.1, 0.15) is 11.7 Å². The van der Waals surface area contributed by atoms with Gasteiger partial charge in [-0.2, -0.15) is 4.98 Å². The lowest BCUT2D eigenvalue weighted by Gasteiger charge is -2.40. The number of nitrogens with one attached hydrogen (secondary N) is 1. The van der Waals surface area contributed by atoms with Crippen molar-refractivity contribution in [1.82, 2.24) is 19.4 Å². The van der Waals surface area contributed by atoms with Gasteiger partial charge in [-0.1, -0.05) is 50.2 Å². The van der Waals surface area contributed by atoms with Crippen LogP contribution in [0.3, 0.4) is 0 Å². The van der Waals surface area contributed by atoms with E-state index in [1.165, 1.54) is 0 Å². The van der Waals surface area contributed by atoms with Gasteiger partial charge in [-0.3, -0.25) is 14.2 Å². The first-order chi connectivity index (χ1) is 19.8. The van der Waals surface area contributed by atoms with Crippen molar-refractivity contribution in [1.29, 1.82) is 0 Å². The predicted octanol–water partition coefficient (Wildman–Crippen LogP) is 5.06. The molecule has 1 aliphatic heterocycles. The number of nitrogens with zero attached hydrogens (tertiary/aromatic N) is 4. The summed E-state index contributed by atoms with van der Waals surface area (Å²) in [5.74, 6) is 0.647. The second-order valence-electron chi connectivity index (χ2n) is 12.3.